The van der Waals surface area contributed by atoms with Gasteiger partial charge in [-0.2, -0.15) is 0 Å². The van der Waals surface area contributed by atoms with Gasteiger partial charge in [-0.1, -0.05) is 27.7 Å². The van der Waals surface area contributed by atoms with Crippen LogP contribution in [-0.4, -0.2) is 197 Å². The van der Waals surface area contributed by atoms with Crippen molar-refractivity contribution >= 4 is 82.9 Å². The molecule has 1 fully saturated rings. The highest BCUT2D eigenvalue weighted by atomic mass is 16.4. The standard InChI is InChI=1S/C45H77N15O17/c1-20(2)15-27-41(74)60-35(23(6)62)44(77)51-18-31(64)59-34(21(3)4)43(76)50-17-30(63)53-24(10-8-14-49-45(47)48)38(71)54-25(9-7-13-46)37(70)52-22(5)36(69)56-28(16-33(67)68)40(73)55-26(11-12-32(65)66)39(72)58-29(19-61)42(75)57-27/h20-29,34-35,61-62H,7-19,46H2,1-6H3,(H,50,76)(H,51,77)(H,52,70)(H,53,63)(H,54,71)(H,55,73)(H,56,69)(H,57,75)(H,58,72)(H,59,64)(H,60,74)(H,65,66)(H,67,68)(H4,47,48,49). The predicted octanol–water partition coefficient (Wildman–Crippen LogP) is -8.18. The van der Waals surface area contributed by atoms with Gasteiger partial charge in [-0.25, -0.2) is 0 Å². The minimum Gasteiger partial charge on any atom is -0.481 e. The van der Waals surface area contributed by atoms with Gasteiger partial charge in [-0.3, -0.25) is 67.3 Å². The number of aliphatic carboxylic acids is 2. The van der Waals surface area contributed by atoms with Crippen LogP contribution in [0.4, 0.5) is 0 Å². The first-order valence-electron chi connectivity index (χ1n) is 24.8. The normalized spacial score (nSPS) is 25.4. The molecule has 32 nitrogen and oxygen atoms in total. The summed E-state index contributed by atoms with van der Waals surface area (Å²) >= 11 is 0. The van der Waals surface area contributed by atoms with E-state index in [1.807, 2.05) is 0 Å². The number of hydrogen-bond acceptors (Lipinski definition) is 17. The lowest BCUT2D eigenvalue weighted by atomic mass is 10.0. The smallest absolute Gasteiger partial charge is 0.305 e. The van der Waals surface area contributed by atoms with Gasteiger partial charge < -0.3 is 96.1 Å². The number of aliphatic hydroxyl groups excluding tert-OH is 2. The van der Waals surface area contributed by atoms with Crippen LogP contribution in [0.3, 0.4) is 0 Å². The number of nitrogens with zero attached hydrogens (tertiary/aromatic N) is 1. The third kappa shape index (κ3) is 25.6. The number of aliphatic hydroxyl groups is 2. The summed E-state index contributed by atoms with van der Waals surface area (Å²) in [6.07, 6.45) is -4.43. The molecule has 32 heteroatoms. The van der Waals surface area contributed by atoms with Gasteiger partial charge in [-0.05, 0) is 70.8 Å². The molecule has 0 aliphatic carbocycles. The molecule has 0 aromatic heterocycles. The summed E-state index contributed by atoms with van der Waals surface area (Å²) in [5.41, 5.74) is 16.5. The number of carbonyl (C=O) groups excluding carboxylic acids is 11. The third-order valence-corrected chi connectivity index (χ3v) is 11.3. The average Bonchev–Trinajstić information content (AvgIpc) is 3.34. The van der Waals surface area contributed by atoms with Gasteiger partial charge in [0.15, 0.2) is 5.96 Å². The highest BCUT2D eigenvalue weighted by Gasteiger charge is 2.36. The Balaban J connectivity index is 3.86. The number of hydrogen-bond donors (Lipinski definition) is 18. The summed E-state index contributed by atoms with van der Waals surface area (Å²) in [6.45, 7) is 5.97. The lowest BCUT2D eigenvalue weighted by Crippen LogP contribution is -2.61. The molecule has 0 bridgehead atoms. The maximum Gasteiger partial charge on any atom is 0.305 e. The average molecular weight is 1100 g/mol. The molecule has 10 unspecified atom stereocenters. The predicted molar refractivity (Wildman–Crippen MR) is 269 cm³/mol. The second kappa shape index (κ2) is 34.0. The van der Waals surface area contributed by atoms with Gasteiger partial charge in [-0.15, -0.1) is 0 Å². The molecular weight excluding hydrogens is 1020 g/mol. The number of carboxylic acid groups (broad SMARTS) is 2. The summed E-state index contributed by atoms with van der Waals surface area (Å²) in [5.74, 6) is -16.2. The van der Waals surface area contributed by atoms with Crippen molar-refractivity contribution < 1.29 is 82.8 Å². The van der Waals surface area contributed by atoms with Crippen molar-refractivity contribution in [3.63, 3.8) is 0 Å². The molecule has 1 rings (SSSR count). The fraction of sp³-hybridized carbons (Fsp3) is 0.689. The molecule has 1 aliphatic heterocycles. The van der Waals surface area contributed by atoms with Gasteiger partial charge in [0.05, 0.1) is 32.2 Å². The topological polar surface area (TPSA) is 526 Å². The lowest BCUT2D eigenvalue weighted by Gasteiger charge is -2.28. The van der Waals surface area contributed by atoms with Crippen molar-refractivity contribution in [3.8, 4) is 0 Å². The Morgan fingerprint density at radius 1 is 0.558 bits per heavy atom. The highest BCUT2D eigenvalue weighted by molar-refractivity contribution is 6.00. The number of nitrogens with two attached hydrogens (primary N) is 3. The molecule has 434 valence electrons. The molecule has 0 spiro atoms. The number of carbonyl (C=O) groups is 13. The molecule has 0 saturated carbocycles. The van der Waals surface area contributed by atoms with E-state index in [4.69, 9.17) is 17.2 Å². The molecule has 11 amide bonds. The fourth-order valence-corrected chi connectivity index (χ4v) is 7.16. The molecule has 0 radical (unpaired) electrons. The SMILES string of the molecule is CC(C)CC1NC(=O)C(CO)NC(=O)C(CCC(=O)O)NC(=O)C(CC(=O)O)NC(=O)C(C)NC(=O)C(CCCN)NC(=O)C(CCCN=C(N)N)NC(=O)CNC(=O)C(C(C)C)NC(=O)CNC(=O)C(C(C)O)NC1=O. The third-order valence-electron chi connectivity index (χ3n) is 11.3. The van der Waals surface area contributed by atoms with Crippen LogP contribution >= 0.6 is 0 Å². The molecule has 1 heterocycles. The van der Waals surface area contributed by atoms with E-state index in [1.165, 1.54) is 0 Å². The molecular formula is C45H77N15O17. The molecule has 77 heavy (non-hydrogen) atoms. The van der Waals surface area contributed by atoms with Crippen molar-refractivity contribution in [2.24, 2.45) is 34.0 Å². The molecule has 0 aromatic rings. The van der Waals surface area contributed by atoms with E-state index in [0.29, 0.717) is 0 Å². The Morgan fingerprint density at radius 2 is 1.01 bits per heavy atom. The lowest BCUT2D eigenvalue weighted by molar-refractivity contribution is -0.141. The van der Waals surface area contributed by atoms with Crippen LogP contribution in [0.1, 0.15) is 92.9 Å². The maximum absolute atomic E-state index is 13.8. The Kier molecular flexibility index (Phi) is 29.7. The van der Waals surface area contributed by atoms with E-state index in [0.717, 1.165) is 13.8 Å². The zero-order valence-electron chi connectivity index (χ0n) is 43.9. The fourth-order valence-electron chi connectivity index (χ4n) is 7.16. The van der Waals surface area contributed by atoms with Crippen molar-refractivity contribution in [2.45, 2.75) is 153 Å². The minimum atomic E-state index is -2.01. The molecule has 10 atom stereocenters. The Hall–Kier alpha value is -7.74. The van der Waals surface area contributed by atoms with Crippen molar-refractivity contribution in [1.29, 1.82) is 0 Å². The van der Waals surface area contributed by atoms with Crippen LogP contribution in [0.15, 0.2) is 4.99 Å². The van der Waals surface area contributed by atoms with E-state index < -0.39 is 182 Å². The Bertz CT molecular complexity index is 2140. The quantitative estimate of drug-likeness (QED) is 0.0365. The largest absolute Gasteiger partial charge is 0.481 e. The van der Waals surface area contributed by atoms with Crippen LogP contribution in [0.5, 0.6) is 0 Å². The van der Waals surface area contributed by atoms with Gasteiger partial charge in [0.1, 0.15) is 54.4 Å². The molecule has 21 N–H and O–H groups in total. The van der Waals surface area contributed by atoms with Gasteiger partial charge in [0, 0.05) is 13.0 Å². The van der Waals surface area contributed by atoms with E-state index in [1.54, 1.807) is 27.7 Å². The first-order valence-corrected chi connectivity index (χ1v) is 24.8. The first kappa shape index (κ1) is 67.3. The van der Waals surface area contributed by atoms with Gasteiger partial charge in [0.25, 0.3) is 0 Å². The van der Waals surface area contributed by atoms with Crippen molar-refractivity contribution in [2.75, 3.05) is 32.8 Å². The van der Waals surface area contributed by atoms with Crippen LogP contribution in [0.2, 0.25) is 0 Å². The van der Waals surface area contributed by atoms with Crippen molar-refractivity contribution in [1.82, 2.24) is 58.5 Å². The first-order chi connectivity index (χ1) is 36.0. The zero-order chi connectivity index (χ0) is 58.7. The van der Waals surface area contributed by atoms with E-state index in [2.05, 4.69) is 63.5 Å². The van der Waals surface area contributed by atoms with E-state index in [-0.39, 0.29) is 57.1 Å². The monoisotopic (exact) mass is 1100 g/mol. The van der Waals surface area contributed by atoms with E-state index in [9.17, 15) is 82.8 Å². The Morgan fingerprint density at radius 3 is 1.52 bits per heavy atom. The number of carboxylic acids is 2. The number of aliphatic imine (C=N–C) groups is 1. The van der Waals surface area contributed by atoms with Crippen LogP contribution in [0.25, 0.3) is 0 Å². The number of guanidine groups is 1. The summed E-state index contributed by atoms with van der Waals surface area (Å²) in [4.78, 5) is 176. The molecule has 0 aromatic carbocycles. The van der Waals surface area contributed by atoms with Gasteiger partial charge in [0.2, 0.25) is 65.0 Å². The summed E-state index contributed by atoms with van der Waals surface area (Å²) in [6, 6.07) is -14.8. The summed E-state index contributed by atoms with van der Waals surface area (Å²) in [7, 11) is 0. The van der Waals surface area contributed by atoms with Crippen LogP contribution in [0, 0.1) is 11.8 Å². The number of nitrogens with one attached hydrogen (secondary N) is 11. The number of rotatable bonds is 17. The number of amides is 11. The minimum absolute atomic E-state index is 0.00844. The second-order valence-corrected chi connectivity index (χ2v) is 18.8. The summed E-state index contributed by atoms with van der Waals surface area (Å²) in [5, 5.41) is 65.2. The summed E-state index contributed by atoms with van der Waals surface area (Å²) < 4.78 is 0. The molecule has 1 saturated heterocycles. The maximum atomic E-state index is 13.8. The van der Waals surface area contributed by atoms with Crippen LogP contribution in [-0.2, 0) is 62.3 Å². The highest BCUT2D eigenvalue weighted by Crippen LogP contribution is 2.10. The zero-order valence-corrected chi connectivity index (χ0v) is 43.9. The van der Waals surface area contributed by atoms with Crippen LogP contribution < -0.4 is 75.7 Å². The van der Waals surface area contributed by atoms with E-state index >= 15 is 0 Å². The van der Waals surface area contributed by atoms with Crippen molar-refractivity contribution in [3.05, 3.63) is 0 Å². The molecule has 1 aliphatic rings. The van der Waals surface area contributed by atoms with Gasteiger partial charge >= 0.3 is 11.9 Å². The second-order valence-electron chi connectivity index (χ2n) is 18.8. The Labute approximate surface area is 443 Å².